The van der Waals surface area contributed by atoms with E-state index in [1.807, 2.05) is 30.3 Å². The third kappa shape index (κ3) is 15.5. The van der Waals surface area contributed by atoms with E-state index in [2.05, 4.69) is 0 Å². The number of carbonyl (C=O) groups excluding carboxylic acids is 3. The van der Waals surface area contributed by atoms with Crippen molar-refractivity contribution < 1.29 is 43.2 Å². The van der Waals surface area contributed by atoms with Gasteiger partial charge in [-0.15, -0.1) is 0 Å². The molecular weight excluding hydrogens is 719 g/mol. The van der Waals surface area contributed by atoms with Crippen molar-refractivity contribution >= 4 is 36.8 Å². The van der Waals surface area contributed by atoms with E-state index in [9.17, 15) is 19.5 Å². The van der Waals surface area contributed by atoms with Gasteiger partial charge < -0.3 is 28.8 Å². The summed E-state index contributed by atoms with van der Waals surface area (Å²) in [6.07, 6.45) is 16.6. The molecule has 3 saturated carbocycles. The summed E-state index contributed by atoms with van der Waals surface area (Å²) in [5, 5.41) is 9.63. The second kappa shape index (κ2) is 25.8. The number of halogens is 1. The van der Waals surface area contributed by atoms with Crippen LogP contribution in [0.4, 0.5) is 0 Å². The zero-order valence-corrected chi connectivity index (χ0v) is 34.0. The van der Waals surface area contributed by atoms with Crippen molar-refractivity contribution in [2.75, 3.05) is 35.5 Å². The molecule has 11 heteroatoms. The molecule has 55 heavy (non-hydrogen) atoms. The molecule has 0 heterocycles. The Morgan fingerprint density at radius 1 is 0.491 bits per heavy atom. The number of ketones is 2. The number of phenols is 1. The standard InChI is InChI=1S/C15H20O3.C14H18O3.C8H10O2.C7H11ClO.B/c1-17-12-8-9-14(18-2)13(10-12)15(16)11-6-4-3-5-7-11;1-17-11-7-8-13(15)12(9-11)14(16)10-5-3-2-4-6-10;1-9-7-3-5-8(10-2)6-4-7;8-7(9)6-4-2-1-3-5-6;/h8-11H,3-7H2,1-2H3;7-10,15H,2-6H2,1H3;3-6H,1-2H3;6H,1-5H2;. The molecule has 3 radical (unpaired) electrons. The maximum absolute atomic E-state index is 12.5. The van der Waals surface area contributed by atoms with Gasteiger partial charge in [0.1, 0.15) is 34.5 Å². The Morgan fingerprint density at radius 3 is 1.20 bits per heavy atom. The van der Waals surface area contributed by atoms with Gasteiger partial charge >= 0.3 is 0 Å². The third-order valence-corrected chi connectivity index (χ3v) is 10.6. The van der Waals surface area contributed by atoms with Crippen molar-refractivity contribution in [1.29, 1.82) is 0 Å². The van der Waals surface area contributed by atoms with Crippen LogP contribution >= 0.6 is 11.6 Å². The molecule has 3 aromatic rings. The van der Waals surface area contributed by atoms with Crippen LogP contribution in [0.1, 0.15) is 117 Å². The highest BCUT2D eigenvalue weighted by molar-refractivity contribution is 6.63. The Morgan fingerprint density at radius 2 is 0.836 bits per heavy atom. The minimum Gasteiger partial charge on any atom is -0.507 e. The number of benzene rings is 3. The van der Waals surface area contributed by atoms with Gasteiger partial charge in [0, 0.05) is 26.2 Å². The lowest BCUT2D eigenvalue weighted by Gasteiger charge is -2.21. The van der Waals surface area contributed by atoms with Crippen LogP contribution in [0.5, 0.6) is 34.5 Å². The molecule has 0 aromatic heterocycles. The highest BCUT2D eigenvalue weighted by atomic mass is 35.5. The lowest BCUT2D eigenvalue weighted by molar-refractivity contribution is -0.115. The fraction of sp³-hybridized carbons (Fsp3) is 0.523. The number of hydrogen-bond acceptors (Lipinski definition) is 9. The van der Waals surface area contributed by atoms with Crippen molar-refractivity contribution in [2.45, 2.75) is 96.3 Å². The van der Waals surface area contributed by atoms with Gasteiger partial charge in [0.15, 0.2) is 11.6 Å². The smallest absolute Gasteiger partial charge is 0.224 e. The summed E-state index contributed by atoms with van der Waals surface area (Å²) in [6.45, 7) is 0. The molecule has 0 saturated heterocycles. The third-order valence-electron chi connectivity index (χ3n) is 10.3. The van der Waals surface area contributed by atoms with Gasteiger partial charge in [-0.2, -0.15) is 0 Å². The fourth-order valence-electron chi connectivity index (χ4n) is 7.06. The molecule has 1 N–H and O–H groups in total. The molecular formula is C44H59BClO9. The predicted molar refractivity (Wildman–Crippen MR) is 219 cm³/mol. The van der Waals surface area contributed by atoms with Crippen molar-refractivity contribution in [1.82, 2.24) is 0 Å². The minimum atomic E-state index is -0.130. The number of phenolic OH excluding ortho intramolecular Hbond substituents is 1. The first-order chi connectivity index (χ1) is 26.1. The lowest BCUT2D eigenvalue weighted by atomic mass is 9.83. The summed E-state index contributed by atoms with van der Waals surface area (Å²) >= 11 is 5.32. The van der Waals surface area contributed by atoms with E-state index < -0.39 is 0 Å². The molecule has 3 aromatic carbocycles. The number of aromatic hydroxyl groups is 1. The lowest BCUT2D eigenvalue weighted by Crippen LogP contribution is -2.18. The topological polar surface area (TPSA) is 118 Å². The van der Waals surface area contributed by atoms with E-state index in [1.165, 1.54) is 38.2 Å². The van der Waals surface area contributed by atoms with E-state index in [4.69, 9.17) is 35.3 Å². The Hall–Kier alpha value is -4.18. The highest BCUT2D eigenvalue weighted by Crippen LogP contribution is 2.33. The molecule has 0 bridgehead atoms. The number of methoxy groups -OCH3 is 5. The van der Waals surface area contributed by atoms with Crippen LogP contribution < -0.4 is 23.7 Å². The van der Waals surface area contributed by atoms with E-state index in [0.29, 0.717) is 28.4 Å². The minimum absolute atomic E-state index is 0. The molecule has 6 rings (SSSR count). The van der Waals surface area contributed by atoms with Crippen LogP contribution in [-0.2, 0) is 4.79 Å². The number of ether oxygens (including phenoxy) is 5. The number of hydrogen-bond donors (Lipinski definition) is 1. The van der Waals surface area contributed by atoms with Crippen LogP contribution in [0.15, 0.2) is 60.7 Å². The summed E-state index contributed by atoms with van der Waals surface area (Å²) in [6, 6.07) is 17.7. The quantitative estimate of drug-likeness (QED) is 0.122. The van der Waals surface area contributed by atoms with Crippen LogP contribution in [0.3, 0.4) is 0 Å². The monoisotopic (exact) mass is 777 g/mol. The molecule has 3 fully saturated rings. The number of Topliss-reactive ketones (excluding diaryl/α,β-unsaturated/α-hetero) is 2. The average Bonchev–Trinajstić information content (AvgIpc) is 3.24. The molecule has 0 aliphatic heterocycles. The predicted octanol–water partition coefficient (Wildman–Crippen LogP) is 10.3. The summed E-state index contributed by atoms with van der Waals surface area (Å²) in [5.41, 5.74) is 1.06. The Bertz CT molecular complexity index is 1560. The molecule has 0 unspecified atom stereocenters. The number of rotatable bonds is 10. The zero-order valence-electron chi connectivity index (χ0n) is 33.3. The van der Waals surface area contributed by atoms with Crippen molar-refractivity contribution in [3.63, 3.8) is 0 Å². The first-order valence-electron chi connectivity index (χ1n) is 19.2. The molecule has 0 spiro atoms. The maximum Gasteiger partial charge on any atom is 0.224 e. The van der Waals surface area contributed by atoms with Gasteiger partial charge in [-0.25, -0.2) is 0 Å². The largest absolute Gasteiger partial charge is 0.507 e. The van der Waals surface area contributed by atoms with E-state index in [-0.39, 0.29) is 48.7 Å². The zero-order chi connectivity index (χ0) is 39.3. The maximum atomic E-state index is 12.5. The summed E-state index contributed by atoms with van der Waals surface area (Å²) in [4.78, 5) is 35.3. The van der Waals surface area contributed by atoms with Crippen LogP contribution in [0, 0.1) is 17.8 Å². The van der Waals surface area contributed by atoms with Gasteiger partial charge in [-0.1, -0.05) is 57.8 Å². The molecule has 9 nitrogen and oxygen atoms in total. The summed E-state index contributed by atoms with van der Waals surface area (Å²) in [5.74, 6) is 4.37. The summed E-state index contributed by atoms with van der Waals surface area (Å²) in [7, 11) is 8.04. The van der Waals surface area contributed by atoms with Crippen LogP contribution in [0.2, 0.25) is 0 Å². The van der Waals surface area contributed by atoms with Crippen molar-refractivity contribution in [3.05, 3.63) is 71.8 Å². The molecule has 0 amide bonds. The van der Waals surface area contributed by atoms with Crippen molar-refractivity contribution in [3.8, 4) is 34.5 Å². The van der Waals surface area contributed by atoms with E-state index in [1.54, 1.807) is 59.8 Å². The Balaban J connectivity index is 0.000000262. The van der Waals surface area contributed by atoms with Crippen molar-refractivity contribution in [2.24, 2.45) is 17.8 Å². The van der Waals surface area contributed by atoms with Gasteiger partial charge in [0.2, 0.25) is 5.24 Å². The van der Waals surface area contributed by atoms with E-state index in [0.717, 1.165) is 75.7 Å². The molecule has 0 atom stereocenters. The van der Waals surface area contributed by atoms with Gasteiger partial charge in [-0.05, 0) is 111 Å². The Labute approximate surface area is 335 Å². The normalized spacial score (nSPS) is 15.7. The van der Waals surface area contributed by atoms with Gasteiger partial charge in [0.25, 0.3) is 0 Å². The highest BCUT2D eigenvalue weighted by Gasteiger charge is 2.26. The summed E-state index contributed by atoms with van der Waals surface area (Å²) < 4.78 is 25.5. The fourth-order valence-corrected chi connectivity index (χ4v) is 7.28. The number of carbonyl (C=O) groups is 3. The second-order valence-corrected chi connectivity index (χ2v) is 14.2. The molecule has 3 aliphatic carbocycles. The first kappa shape index (κ1) is 47.0. The first-order valence-corrected chi connectivity index (χ1v) is 19.6. The van der Waals surface area contributed by atoms with Gasteiger partial charge in [0.05, 0.1) is 46.7 Å². The second-order valence-electron chi connectivity index (χ2n) is 13.9. The van der Waals surface area contributed by atoms with Crippen LogP contribution in [0.25, 0.3) is 0 Å². The SMILES string of the molecule is COc1ccc(O)c(C(=O)C2CCCCC2)c1.COc1ccc(OC)c(C(=O)C2CCCCC2)c1.COc1ccc(OC)cc1.O=C(Cl)C1CCCCC1.[B]. The van der Waals surface area contributed by atoms with E-state index >= 15 is 0 Å². The molecule has 3 aliphatic rings. The Kier molecular flexibility index (Phi) is 22.1. The average molecular weight is 778 g/mol. The van der Waals surface area contributed by atoms with Gasteiger partial charge in [-0.3, -0.25) is 14.4 Å². The molecule has 299 valence electrons. The van der Waals surface area contributed by atoms with Crippen LogP contribution in [-0.4, -0.2) is 65.9 Å².